The minimum atomic E-state index is 0.670. The first-order valence-electron chi connectivity index (χ1n) is 7.70. The maximum atomic E-state index is 5.85. The first-order chi connectivity index (χ1) is 9.28. The van der Waals surface area contributed by atoms with Crippen molar-refractivity contribution in [1.82, 2.24) is 9.88 Å². The van der Waals surface area contributed by atoms with Gasteiger partial charge in [-0.05, 0) is 39.2 Å². The molecule has 0 radical (unpaired) electrons. The zero-order chi connectivity index (χ0) is 13.2. The molecule has 0 amide bonds. The van der Waals surface area contributed by atoms with E-state index in [1.807, 2.05) is 11.3 Å². The molecule has 1 saturated heterocycles. The normalized spacial score (nSPS) is 24.8. The molecule has 4 heteroatoms. The Hall–Kier alpha value is -0.450. The molecular weight excluding hydrogens is 254 g/mol. The van der Waals surface area contributed by atoms with Gasteiger partial charge in [-0.2, -0.15) is 0 Å². The Morgan fingerprint density at radius 1 is 1.32 bits per heavy atom. The lowest BCUT2D eigenvalue weighted by molar-refractivity contribution is 0.163. The maximum absolute atomic E-state index is 5.85. The Labute approximate surface area is 120 Å². The van der Waals surface area contributed by atoms with Crippen LogP contribution in [0.25, 0.3) is 0 Å². The van der Waals surface area contributed by atoms with Gasteiger partial charge in [0.1, 0.15) is 0 Å². The minimum Gasteiger partial charge on any atom is -0.326 e. The van der Waals surface area contributed by atoms with Gasteiger partial charge in [0.15, 0.2) is 0 Å². The highest BCUT2D eigenvalue weighted by Gasteiger charge is 2.29. The third-order valence-corrected chi connectivity index (χ3v) is 5.63. The predicted molar refractivity (Wildman–Crippen MR) is 80.6 cm³/mol. The van der Waals surface area contributed by atoms with Crippen LogP contribution >= 0.6 is 11.3 Å². The van der Waals surface area contributed by atoms with E-state index < -0.39 is 0 Å². The molecule has 1 saturated carbocycles. The van der Waals surface area contributed by atoms with Crippen LogP contribution < -0.4 is 5.73 Å². The molecule has 1 unspecified atom stereocenters. The van der Waals surface area contributed by atoms with Gasteiger partial charge in [-0.25, -0.2) is 4.98 Å². The van der Waals surface area contributed by atoms with Crippen LogP contribution in [0.1, 0.15) is 60.5 Å². The summed E-state index contributed by atoms with van der Waals surface area (Å²) < 4.78 is 0. The third-order valence-electron chi connectivity index (χ3n) is 4.47. The molecule has 1 aromatic rings. The standard InChI is InChI=1S/C15H25N3S/c1-11-4-2-3-8-18(11)9-7-14-17-15(12-5-6-12)13(10-16)19-14/h11-12H,2-10,16H2,1H3. The van der Waals surface area contributed by atoms with Crippen LogP contribution in [0.15, 0.2) is 0 Å². The van der Waals surface area contributed by atoms with Crippen LogP contribution in [0, 0.1) is 0 Å². The molecule has 19 heavy (non-hydrogen) atoms. The summed E-state index contributed by atoms with van der Waals surface area (Å²) in [5, 5.41) is 1.31. The maximum Gasteiger partial charge on any atom is 0.0944 e. The number of thiazole rings is 1. The number of piperidine rings is 1. The summed E-state index contributed by atoms with van der Waals surface area (Å²) >= 11 is 1.85. The zero-order valence-electron chi connectivity index (χ0n) is 11.9. The lowest BCUT2D eigenvalue weighted by Crippen LogP contribution is -2.38. The van der Waals surface area contributed by atoms with Crippen LogP contribution in [0.4, 0.5) is 0 Å². The van der Waals surface area contributed by atoms with E-state index >= 15 is 0 Å². The van der Waals surface area contributed by atoms with Crippen LogP contribution in [0.3, 0.4) is 0 Å². The quantitative estimate of drug-likeness (QED) is 0.901. The van der Waals surface area contributed by atoms with Crippen LogP contribution in [0.2, 0.25) is 0 Å². The number of hydrogen-bond acceptors (Lipinski definition) is 4. The summed E-state index contributed by atoms with van der Waals surface area (Å²) in [6, 6.07) is 0.755. The second-order valence-electron chi connectivity index (χ2n) is 6.03. The number of nitrogens with zero attached hydrogens (tertiary/aromatic N) is 2. The van der Waals surface area contributed by atoms with Crippen LogP contribution in [-0.2, 0) is 13.0 Å². The molecule has 3 rings (SSSR count). The molecule has 0 aromatic carbocycles. The Kier molecular flexibility index (Phi) is 4.20. The van der Waals surface area contributed by atoms with Crippen molar-refractivity contribution in [1.29, 1.82) is 0 Å². The molecule has 2 fully saturated rings. The lowest BCUT2D eigenvalue weighted by atomic mass is 10.0. The highest BCUT2D eigenvalue weighted by Crippen LogP contribution is 2.42. The van der Waals surface area contributed by atoms with Gasteiger partial charge >= 0.3 is 0 Å². The van der Waals surface area contributed by atoms with E-state index in [1.165, 1.54) is 60.8 Å². The molecule has 1 aliphatic heterocycles. The zero-order valence-corrected chi connectivity index (χ0v) is 12.7. The topological polar surface area (TPSA) is 42.2 Å². The molecule has 106 valence electrons. The van der Waals surface area contributed by atoms with Crippen molar-refractivity contribution in [3.8, 4) is 0 Å². The second-order valence-corrected chi connectivity index (χ2v) is 7.19. The Bertz CT molecular complexity index is 425. The van der Waals surface area contributed by atoms with Gasteiger partial charge in [0.2, 0.25) is 0 Å². The fourth-order valence-corrected chi connectivity index (χ4v) is 4.09. The fourth-order valence-electron chi connectivity index (χ4n) is 3.07. The minimum absolute atomic E-state index is 0.670. The summed E-state index contributed by atoms with van der Waals surface area (Å²) in [6.45, 7) is 5.47. The van der Waals surface area contributed by atoms with E-state index in [9.17, 15) is 0 Å². The molecule has 1 aromatic heterocycles. The van der Waals surface area contributed by atoms with E-state index in [0.29, 0.717) is 6.54 Å². The molecule has 1 atom stereocenters. The van der Waals surface area contributed by atoms with Gasteiger partial charge in [-0.3, -0.25) is 0 Å². The first kappa shape index (κ1) is 13.5. The summed E-state index contributed by atoms with van der Waals surface area (Å²) in [5.41, 5.74) is 7.18. The van der Waals surface area contributed by atoms with Crippen molar-refractivity contribution in [2.75, 3.05) is 13.1 Å². The fraction of sp³-hybridized carbons (Fsp3) is 0.800. The van der Waals surface area contributed by atoms with E-state index in [0.717, 1.165) is 18.4 Å². The smallest absolute Gasteiger partial charge is 0.0944 e. The average Bonchev–Trinajstić information content (AvgIpc) is 3.18. The largest absolute Gasteiger partial charge is 0.326 e. The summed E-state index contributed by atoms with van der Waals surface area (Å²) in [6.07, 6.45) is 7.87. The van der Waals surface area contributed by atoms with Gasteiger partial charge in [-0.1, -0.05) is 6.42 Å². The number of hydrogen-bond donors (Lipinski definition) is 1. The summed E-state index contributed by atoms with van der Waals surface area (Å²) in [7, 11) is 0. The van der Waals surface area contributed by atoms with Crippen molar-refractivity contribution in [3.63, 3.8) is 0 Å². The van der Waals surface area contributed by atoms with E-state index in [-0.39, 0.29) is 0 Å². The second kappa shape index (κ2) is 5.90. The lowest BCUT2D eigenvalue weighted by Gasteiger charge is -2.33. The van der Waals surface area contributed by atoms with Gasteiger partial charge < -0.3 is 10.6 Å². The molecular formula is C15H25N3S. The van der Waals surface area contributed by atoms with Crippen molar-refractivity contribution >= 4 is 11.3 Å². The Morgan fingerprint density at radius 3 is 2.84 bits per heavy atom. The van der Waals surface area contributed by atoms with Gasteiger partial charge in [0, 0.05) is 36.3 Å². The number of aromatic nitrogens is 1. The number of likely N-dealkylation sites (tertiary alicyclic amines) is 1. The monoisotopic (exact) mass is 279 g/mol. The number of rotatable bonds is 5. The van der Waals surface area contributed by atoms with Gasteiger partial charge in [-0.15, -0.1) is 11.3 Å². The first-order valence-corrected chi connectivity index (χ1v) is 8.52. The highest BCUT2D eigenvalue weighted by molar-refractivity contribution is 7.11. The molecule has 2 heterocycles. The third kappa shape index (κ3) is 3.18. The van der Waals surface area contributed by atoms with Crippen LogP contribution in [0.5, 0.6) is 0 Å². The molecule has 0 spiro atoms. The van der Waals surface area contributed by atoms with Gasteiger partial charge in [0.25, 0.3) is 0 Å². The molecule has 1 aliphatic carbocycles. The van der Waals surface area contributed by atoms with E-state index in [4.69, 9.17) is 10.7 Å². The molecule has 2 N–H and O–H groups in total. The molecule has 2 aliphatic rings. The van der Waals surface area contributed by atoms with Crippen molar-refractivity contribution in [3.05, 3.63) is 15.6 Å². The average molecular weight is 279 g/mol. The Morgan fingerprint density at radius 2 is 2.16 bits per heavy atom. The molecule has 3 nitrogen and oxygen atoms in total. The SMILES string of the molecule is CC1CCCCN1CCc1nc(C2CC2)c(CN)s1. The summed E-state index contributed by atoms with van der Waals surface area (Å²) in [4.78, 5) is 8.83. The van der Waals surface area contributed by atoms with Crippen LogP contribution in [-0.4, -0.2) is 29.0 Å². The van der Waals surface area contributed by atoms with E-state index in [1.54, 1.807) is 0 Å². The van der Waals surface area contributed by atoms with Gasteiger partial charge in [0.05, 0.1) is 10.7 Å². The predicted octanol–water partition coefficient (Wildman–Crippen LogP) is 2.90. The Balaban J connectivity index is 1.60. The van der Waals surface area contributed by atoms with E-state index in [2.05, 4.69) is 11.8 Å². The van der Waals surface area contributed by atoms with Crippen molar-refractivity contribution in [2.45, 2.75) is 64.0 Å². The van der Waals surface area contributed by atoms with Crippen molar-refractivity contribution in [2.24, 2.45) is 5.73 Å². The molecule has 0 bridgehead atoms. The highest BCUT2D eigenvalue weighted by atomic mass is 32.1. The number of nitrogens with two attached hydrogens (primary N) is 1. The van der Waals surface area contributed by atoms with Crippen molar-refractivity contribution < 1.29 is 0 Å². The summed E-state index contributed by atoms with van der Waals surface area (Å²) in [5.74, 6) is 0.734.